The Morgan fingerprint density at radius 3 is 2.48 bits per heavy atom. The molecule has 1 heterocycles. The first-order valence-corrected chi connectivity index (χ1v) is 9.03. The molecule has 0 atom stereocenters. The third kappa shape index (κ3) is 4.07. The Kier molecular flexibility index (Phi) is 5.68. The Hall–Kier alpha value is -2.97. The molecule has 0 saturated carbocycles. The van der Waals surface area contributed by atoms with E-state index in [1.165, 1.54) is 7.11 Å². The molecule has 27 heavy (non-hydrogen) atoms. The summed E-state index contributed by atoms with van der Waals surface area (Å²) in [6.45, 7) is 0. The second-order valence-electron chi connectivity index (χ2n) is 5.44. The van der Waals surface area contributed by atoms with Gasteiger partial charge in [0.25, 0.3) is 11.8 Å². The summed E-state index contributed by atoms with van der Waals surface area (Å²) in [6.07, 6.45) is 2.40. The molecule has 3 rings (SSSR count). The van der Waals surface area contributed by atoms with Crippen molar-refractivity contribution in [3.05, 3.63) is 70.1 Å². The first-order chi connectivity index (χ1) is 13.0. The van der Waals surface area contributed by atoms with Gasteiger partial charge in [0.15, 0.2) is 4.32 Å². The van der Waals surface area contributed by atoms with Gasteiger partial charge in [-0.05, 0) is 36.0 Å². The van der Waals surface area contributed by atoms with Crippen LogP contribution in [0.3, 0.4) is 0 Å². The van der Waals surface area contributed by atoms with Gasteiger partial charge in [-0.2, -0.15) is 5.01 Å². The summed E-state index contributed by atoms with van der Waals surface area (Å²) in [7, 11) is 1.46. The number of nitrogens with one attached hydrogen (secondary N) is 1. The number of ether oxygens (including phenoxy) is 1. The number of carbonyl (C=O) groups excluding carboxylic acids is 3. The van der Waals surface area contributed by atoms with Crippen LogP contribution in [0.15, 0.2) is 53.4 Å². The van der Waals surface area contributed by atoms with Crippen molar-refractivity contribution in [3.8, 4) is 5.75 Å². The first kappa shape index (κ1) is 18.8. The number of carbonyl (C=O) groups is 3. The number of nitrogens with zero attached hydrogens (tertiary/aromatic N) is 1. The molecule has 1 saturated heterocycles. The number of para-hydroxylation sites is 1. The molecule has 0 aliphatic carbocycles. The predicted octanol–water partition coefficient (Wildman–Crippen LogP) is 3.05. The molecule has 2 aromatic carbocycles. The van der Waals surface area contributed by atoms with E-state index in [9.17, 15) is 14.4 Å². The summed E-state index contributed by atoms with van der Waals surface area (Å²) in [5, 5.41) is 1.04. The standard InChI is InChI=1S/C19H14N2O4S2/c1-25-15-5-3-2-4-14(15)17(23)20-21-18(24)16(27-19(21)26)10-12-6-8-13(11-22)9-7-12/h2-11H,1H3,(H,20,23). The van der Waals surface area contributed by atoms with E-state index in [0.717, 1.165) is 28.6 Å². The van der Waals surface area contributed by atoms with Crippen LogP contribution in [0.1, 0.15) is 26.3 Å². The number of methoxy groups -OCH3 is 1. The molecule has 1 N–H and O–H groups in total. The Balaban J connectivity index is 1.78. The van der Waals surface area contributed by atoms with E-state index in [4.69, 9.17) is 17.0 Å². The maximum atomic E-state index is 12.6. The fraction of sp³-hybridized carbons (Fsp3) is 0.0526. The number of amides is 2. The van der Waals surface area contributed by atoms with Crippen molar-refractivity contribution in [3.63, 3.8) is 0 Å². The highest BCUT2D eigenvalue weighted by Crippen LogP contribution is 2.31. The number of thioether (sulfide) groups is 1. The third-order valence-corrected chi connectivity index (χ3v) is 5.03. The molecule has 0 radical (unpaired) electrons. The topological polar surface area (TPSA) is 75.7 Å². The van der Waals surface area contributed by atoms with Crippen LogP contribution in [0, 0.1) is 0 Å². The molecule has 1 aliphatic rings. The van der Waals surface area contributed by atoms with Gasteiger partial charge in [-0.1, -0.05) is 48.2 Å². The van der Waals surface area contributed by atoms with E-state index < -0.39 is 11.8 Å². The van der Waals surface area contributed by atoms with Crippen LogP contribution in [0.5, 0.6) is 5.75 Å². The van der Waals surface area contributed by atoms with Crippen molar-refractivity contribution in [1.82, 2.24) is 10.4 Å². The van der Waals surface area contributed by atoms with Gasteiger partial charge in [0.05, 0.1) is 17.6 Å². The zero-order valence-corrected chi connectivity index (χ0v) is 15.8. The summed E-state index contributed by atoms with van der Waals surface area (Å²) < 4.78 is 5.39. The fourth-order valence-corrected chi connectivity index (χ4v) is 3.56. The van der Waals surface area contributed by atoms with Crippen LogP contribution >= 0.6 is 24.0 Å². The SMILES string of the molecule is COc1ccccc1C(=O)NN1C(=O)C(=Cc2ccc(C=O)cc2)SC1=S. The second kappa shape index (κ2) is 8.15. The van der Waals surface area contributed by atoms with Crippen LogP contribution in [0.25, 0.3) is 6.08 Å². The van der Waals surface area contributed by atoms with Crippen LogP contribution in [-0.2, 0) is 4.79 Å². The van der Waals surface area contributed by atoms with E-state index in [1.807, 2.05) is 0 Å². The molecule has 0 spiro atoms. The summed E-state index contributed by atoms with van der Waals surface area (Å²) in [4.78, 5) is 36.2. The highest BCUT2D eigenvalue weighted by molar-refractivity contribution is 8.26. The van der Waals surface area contributed by atoms with Gasteiger partial charge in [-0.25, -0.2) is 0 Å². The molecule has 8 heteroatoms. The number of rotatable bonds is 5. The first-order valence-electron chi connectivity index (χ1n) is 7.80. The van der Waals surface area contributed by atoms with Crippen molar-refractivity contribution in [2.24, 2.45) is 0 Å². The van der Waals surface area contributed by atoms with Gasteiger partial charge in [-0.15, -0.1) is 0 Å². The molecular formula is C19H14N2O4S2. The average Bonchev–Trinajstić information content (AvgIpc) is 2.95. The van der Waals surface area contributed by atoms with Crippen LogP contribution < -0.4 is 10.2 Å². The van der Waals surface area contributed by atoms with Gasteiger partial charge in [0.1, 0.15) is 12.0 Å². The fourth-order valence-electron chi connectivity index (χ4n) is 2.38. The Morgan fingerprint density at radius 1 is 1.15 bits per heavy atom. The van der Waals surface area contributed by atoms with E-state index in [-0.39, 0.29) is 4.32 Å². The molecule has 6 nitrogen and oxygen atoms in total. The number of hydrazine groups is 1. The van der Waals surface area contributed by atoms with Crippen molar-refractivity contribution in [2.75, 3.05) is 7.11 Å². The normalized spacial score (nSPS) is 15.1. The predicted molar refractivity (Wildman–Crippen MR) is 107 cm³/mol. The van der Waals surface area contributed by atoms with Crippen molar-refractivity contribution >= 4 is 52.5 Å². The van der Waals surface area contributed by atoms with Gasteiger partial charge in [0.2, 0.25) is 0 Å². The lowest BCUT2D eigenvalue weighted by Crippen LogP contribution is -2.44. The van der Waals surface area contributed by atoms with Crippen molar-refractivity contribution in [2.45, 2.75) is 0 Å². The largest absolute Gasteiger partial charge is 0.496 e. The summed E-state index contributed by atoms with van der Waals surface area (Å²) in [5.74, 6) is -0.528. The van der Waals surface area contributed by atoms with Gasteiger partial charge < -0.3 is 4.74 Å². The average molecular weight is 398 g/mol. The van der Waals surface area contributed by atoms with Crippen LogP contribution in [0.4, 0.5) is 0 Å². The quantitative estimate of drug-likeness (QED) is 0.474. The molecule has 0 aromatic heterocycles. The summed E-state index contributed by atoms with van der Waals surface area (Å²) in [6, 6.07) is 13.5. The number of aldehydes is 1. The highest BCUT2D eigenvalue weighted by Gasteiger charge is 2.34. The van der Waals surface area contributed by atoms with Gasteiger partial charge in [0, 0.05) is 5.56 Å². The molecule has 0 bridgehead atoms. The molecule has 2 amide bonds. The molecule has 1 fully saturated rings. The van der Waals surface area contributed by atoms with E-state index in [0.29, 0.717) is 21.8 Å². The maximum Gasteiger partial charge on any atom is 0.285 e. The summed E-state index contributed by atoms with van der Waals surface area (Å²) in [5.41, 5.74) is 4.11. The molecule has 0 unspecified atom stereocenters. The second-order valence-corrected chi connectivity index (χ2v) is 7.12. The Morgan fingerprint density at radius 2 is 1.81 bits per heavy atom. The summed E-state index contributed by atoms with van der Waals surface area (Å²) >= 11 is 6.30. The zero-order valence-electron chi connectivity index (χ0n) is 14.2. The number of thiocarbonyl (C=S) groups is 1. The van der Waals surface area contributed by atoms with Gasteiger partial charge >= 0.3 is 0 Å². The maximum absolute atomic E-state index is 12.6. The molecule has 136 valence electrons. The lowest BCUT2D eigenvalue weighted by molar-refractivity contribution is -0.123. The number of hydrogen-bond acceptors (Lipinski definition) is 6. The van der Waals surface area contributed by atoms with E-state index >= 15 is 0 Å². The minimum atomic E-state index is -0.500. The van der Waals surface area contributed by atoms with Crippen LogP contribution in [-0.4, -0.2) is 34.5 Å². The number of benzene rings is 2. The minimum Gasteiger partial charge on any atom is -0.496 e. The zero-order chi connectivity index (χ0) is 19.4. The van der Waals surface area contributed by atoms with Gasteiger partial charge in [-0.3, -0.25) is 19.8 Å². The molecular weight excluding hydrogens is 384 g/mol. The lowest BCUT2D eigenvalue weighted by Gasteiger charge is -2.16. The van der Waals surface area contributed by atoms with Crippen molar-refractivity contribution in [1.29, 1.82) is 0 Å². The van der Waals surface area contributed by atoms with E-state index in [1.54, 1.807) is 54.6 Å². The van der Waals surface area contributed by atoms with Crippen molar-refractivity contribution < 1.29 is 19.1 Å². The third-order valence-electron chi connectivity index (χ3n) is 3.73. The number of hydrogen-bond donors (Lipinski definition) is 1. The monoisotopic (exact) mass is 398 g/mol. The Bertz CT molecular complexity index is 954. The van der Waals surface area contributed by atoms with Crippen LogP contribution in [0.2, 0.25) is 0 Å². The smallest absolute Gasteiger partial charge is 0.285 e. The highest BCUT2D eigenvalue weighted by atomic mass is 32.2. The molecule has 1 aliphatic heterocycles. The lowest BCUT2D eigenvalue weighted by atomic mass is 10.1. The van der Waals surface area contributed by atoms with E-state index in [2.05, 4.69) is 5.43 Å². The Labute approximate surface area is 165 Å². The molecule has 2 aromatic rings. The minimum absolute atomic E-state index is 0.221.